The molecule has 4 rings (SSSR count). The van der Waals surface area contributed by atoms with Crippen molar-refractivity contribution in [3.8, 4) is 0 Å². The van der Waals surface area contributed by atoms with Gasteiger partial charge in [0.05, 0.1) is 11.0 Å². The monoisotopic (exact) mass is 567 g/mol. The van der Waals surface area contributed by atoms with E-state index in [1.54, 1.807) is 0 Å². The normalized spacial score (nSPS) is 34.1. The molecule has 0 aromatic carbocycles. The van der Waals surface area contributed by atoms with Crippen molar-refractivity contribution in [3.05, 3.63) is 36.0 Å². The van der Waals surface area contributed by atoms with E-state index in [9.17, 15) is 18.0 Å². The molecule has 4 fully saturated rings. The summed E-state index contributed by atoms with van der Waals surface area (Å²) in [7, 11) is 0. The predicted octanol–water partition coefficient (Wildman–Crippen LogP) is 9.55. The molecule has 2 aliphatic heterocycles. The Morgan fingerprint density at radius 1 is 1.10 bits per heavy atom. The number of hydrogen-bond acceptors (Lipinski definition) is 2. The Kier molecular flexibility index (Phi) is 13.5. The minimum Gasteiger partial charge on any atom is -0.381 e. The van der Waals surface area contributed by atoms with E-state index < -0.39 is 11.7 Å². The van der Waals surface area contributed by atoms with Gasteiger partial charge in [-0.1, -0.05) is 71.8 Å². The molecule has 3 nitrogen and oxygen atoms in total. The zero-order valence-corrected chi connectivity index (χ0v) is 26.3. The van der Waals surface area contributed by atoms with Crippen molar-refractivity contribution in [3.63, 3.8) is 0 Å². The predicted molar refractivity (Wildman–Crippen MR) is 160 cm³/mol. The number of fused-ring (bicyclic) bond motifs is 1. The van der Waals surface area contributed by atoms with Crippen molar-refractivity contribution in [1.29, 1.82) is 0 Å². The fourth-order valence-corrected chi connectivity index (χ4v) is 7.48. The summed E-state index contributed by atoms with van der Waals surface area (Å²) in [5, 5.41) is 0. The molecule has 4 aliphatic rings. The standard InChI is InChI=1S/C17H29NO.C9H11F3.C8H16O/c1-4-15-9-13(3)11-18(15)16(19)17-7-5-6-14(17)8-12(2)10-17;1-4-5-8(6-7(2)3)9(10,11)12;1-3-8-6-9-5-4-7(8)2/h12-15H,4-11H2,1-3H3;4-6H,2H2,1,3H3;7-8H,3-6H2,1-2H3/b;5-4-,8-6+;/t12-,13-,14?,15+,17-;;/m1../s1. The van der Waals surface area contributed by atoms with Gasteiger partial charge in [-0.3, -0.25) is 4.79 Å². The van der Waals surface area contributed by atoms with Crippen LogP contribution in [-0.2, 0) is 9.53 Å². The highest BCUT2D eigenvalue weighted by atomic mass is 19.4. The fourth-order valence-electron chi connectivity index (χ4n) is 7.48. The molecular weight excluding hydrogens is 511 g/mol. The molecule has 6 heteroatoms. The number of nitrogens with zero attached hydrogens (tertiary/aromatic N) is 1. The van der Waals surface area contributed by atoms with Gasteiger partial charge in [0, 0.05) is 25.8 Å². The molecule has 0 radical (unpaired) electrons. The summed E-state index contributed by atoms with van der Waals surface area (Å²) >= 11 is 0. The van der Waals surface area contributed by atoms with Gasteiger partial charge in [0.1, 0.15) is 0 Å². The molecule has 0 aromatic heterocycles. The van der Waals surface area contributed by atoms with Crippen molar-refractivity contribution < 1.29 is 22.7 Å². The summed E-state index contributed by atoms with van der Waals surface area (Å²) < 4.78 is 41.7. The Bertz CT molecular complexity index is 879. The lowest BCUT2D eigenvalue weighted by atomic mass is 9.78. The molecule has 2 aliphatic carbocycles. The second kappa shape index (κ2) is 15.6. The third kappa shape index (κ3) is 9.22. The van der Waals surface area contributed by atoms with Crippen molar-refractivity contribution in [2.75, 3.05) is 19.8 Å². The molecule has 7 atom stereocenters. The van der Waals surface area contributed by atoms with Gasteiger partial charge in [0.2, 0.25) is 5.91 Å². The lowest BCUT2D eigenvalue weighted by molar-refractivity contribution is -0.144. The minimum absolute atomic E-state index is 0.0525. The number of hydrogen-bond donors (Lipinski definition) is 0. The van der Waals surface area contributed by atoms with E-state index in [1.807, 2.05) is 0 Å². The quantitative estimate of drug-likeness (QED) is 0.310. The lowest BCUT2D eigenvalue weighted by Crippen LogP contribution is -2.46. The summed E-state index contributed by atoms with van der Waals surface area (Å²) in [5.74, 6) is 4.42. The molecule has 2 heterocycles. The average Bonchev–Trinajstić information content (AvgIpc) is 3.55. The summed E-state index contributed by atoms with van der Waals surface area (Å²) in [6.45, 7) is 20.9. The molecule has 2 saturated heterocycles. The first-order valence-corrected chi connectivity index (χ1v) is 15.7. The largest absolute Gasteiger partial charge is 0.416 e. The van der Waals surface area contributed by atoms with Gasteiger partial charge in [-0.15, -0.1) is 0 Å². The molecule has 0 N–H and O–H groups in total. The highest BCUT2D eigenvalue weighted by Crippen LogP contribution is 2.57. The first-order chi connectivity index (χ1) is 18.8. The van der Waals surface area contributed by atoms with Gasteiger partial charge < -0.3 is 9.64 Å². The number of likely N-dealkylation sites (tertiary alicyclic amines) is 1. The van der Waals surface area contributed by atoms with Gasteiger partial charge in [0.15, 0.2) is 0 Å². The van der Waals surface area contributed by atoms with Crippen molar-refractivity contribution in [2.45, 2.75) is 118 Å². The summed E-state index contributed by atoms with van der Waals surface area (Å²) in [4.78, 5) is 15.5. The van der Waals surface area contributed by atoms with Crippen LogP contribution < -0.4 is 0 Å². The molecule has 1 amide bonds. The second-order valence-electron chi connectivity index (χ2n) is 13.1. The first kappa shape index (κ1) is 34.6. The maximum absolute atomic E-state index is 13.2. The van der Waals surface area contributed by atoms with Crippen molar-refractivity contribution in [1.82, 2.24) is 4.90 Å². The van der Waals surface area contributed by atoms with Crippen LogP contribution in [0.5, 0.6) is 0 Å². The Balaban J connectivity index is 0.000000230. The number of carbonyl (C=O) groups is 1. The number of allylic oxidation sites excluding steroid dienone is 5. The smallest absolute Gasteiger partial charge is 0.381 e. The topological polar surface area (TPSA) is 29.5 Å². The van der Waals surface area contributed by atoms with Gasteiger partial charge in [-0.25, -0.2) is 0 Å². The van der Waals surface area contributed by atoms with Gasteiger partial charge >= 0.3 is 6.18 Å². The number of alkyl halides is 3. The third-order valence-electron chi connectivity index (χ3n) is 9.59. The average molecular weight is 568 g/mol. The molecule has 0 bridgehead atoms. The van der Waals surface area contributed by atoms with Gasteiger partial charge in [0.25, 0.3) is 0 Å². The summed E-state index contributed by atoms with van der Waals surface area (Å²) in [5.41, 5.74) is -0.227. The summed E-state index contributed by atoms with van der Waals surface area (Å²) in [6, 6.07) is 0.522. The molecule has 0 spiro atoms. The Morgan fingerprint density at radius 3 is 2.33 bits per heavy atom. The molecule has 2 saturated carbocycles. The van der Waals surface area contributed by atoms with Crippen LogP contribution in [0.25, 0.3) is 0 Å². The van der Waals surface area contributed by atoms with Crippen LogP contribution in [-0.4, -0.2) is 42.8 Å². The highest BCUT2D eigenvalue weighted by molar-refractivity contribution is 5.84. The van der Waals surface area contributed by atoms with Crippen LogP contribution >= 0.6 is 0 Å². The van der Waals surface area contributed by atoms with E-state index in [4.69, 9.17) is 4.74 Å². The molecule has 3 unspecified atom stereocenters. The maximum atomic E-state index is 13.2. The zero-order chi connectivity index (χ0) is 30.1. The van der Waals surface area contributed by atoms with E-state index in [-0.39, 0.29) is 5.41 Å². The second-order valence-corrected chi connectivity index (χ2v) is 13.1. The lowest BCUT2D eigenvalue weighted by Gasteiger charge is -2.36. The molecule has 40 heavy (non-hydrogen) atoms. The van der Waals surface area contributed by atoms with Crippen LogP contribution in [0.15, 0.2) is 36.0 Å². The third-order valence-corrected chi connectivity index (χ3v) is 9.59. The number of ether oxygens (including phenoxy) is 1. The Morgan fingerprint density at radius 2 is 1.80 bits per heavy atom. The fraction of sp³-hybridized carbons (Fsp3) is 0.794. The number of halogens is 3. The van der Waals surface area contributed by atoms with E-state index in [0.29, 0.717) is 29.4 Å². The highest BCUT2D eigenvalue weighted by Gasteiger charge is 2.56. The van der Waals surface area contributed by atoms with Crippen LogP contribution in [0.4, 0.5) is 13.2 Å². The Hall–Kier alpha value is -1.56. The Labute approximate surface area is 242 Å². The van der Waals surface area contributed by atoms with Crippen molar-refractivity contribution in [2.24, 2.45) is 35.0 Å². The molecule has 230 valence electrons. The number of amides is 1. The van der Waals surface area contributed by atoms with E-state index in [1.165, 1.54) is 64.9 Å². The van der Waals surface area contributed by atoms with Crippen LogP contribution in [0, 0.1) is 35.0 Å². The summed E-state index contributed by atoms with van der Waals surface area (Å²) in [6.07, 6.45) is 10.2. The number of rotatable bonds is 5. The maximum Gasteiger partial charge on any atom is 0.416 e. The van der Waals surface area contributed by atoms with Crippen LogP contribution in [0.1, 0.15) is 106 Å². The van der Waals surface area contributed by atoms with Gasteiger partial charge in [-0.05, 0) is 94.5 Å². The molecule has 0 aromatic rings. The van der Waals surface area contributed by atoms with Crippen LogP contribution in [0.3, 0.4) is 0 Å². The van der Waals surface area contributed by atoms with Crippen LogP contribution in [0.2, 0.25) is 0 Å². The van der Waals surface area contributed by atoms with Crippen molar-refractivity contribution >= 4 is 5.91 Å². The molecular formula is C34H56F3NO2. The van der Waals surface area contributed by atoms with E-state index in [0.717, 1.165) is 62.5 Å². The first-order valence-electron chi connectivity index (χ1n) is 15.7. The SMILES string of the molecule is C=C(C)/C=C(\C=C/C)C(F)(F)F.CCC1COCCC1C.CC[C@H]1C[C@@H](C)CN1C(=O)[C@@]12CCCC1C[C@@H](C)C2. The number of carbonyl (C=O) groups excluding carboxylic acids is 1. The minimum atomic E-state index is -4.29. The van der Waals surface area contributed by atoms with E-state index in [2.05, 4.69) is 46.1 Å². The van der Waals surface area contributed by atoms with Gasteiger partial charge in [-0.2, -0.15) is 13.2 Å². The zero-order valence-electron chi connectivity index (χ0n) is 26.3. The van der Waals surface area contributed by atoms with E-state index >= 15 is 0 Å².